The predicted molar refractivity (Wildman–Crippen MR) is 50.2 cm³/mol. The van der Waals surface area contributed by atoms with Gasteiger partial charge in [0.05, 0.1) is 0 Å². The molecule has 1 aromatic rings. The van der Waals surface area contributed by atoms with Crippen molar-refractivity contribution < 1.29 is 13.9 Å². The lowest BCUT2D eigenvalue weighted by Gasteiger charge is -2.05. The van der Waals surface area contributed by atoms with Crippen molar-refractivity contribution in [1.82, 2.24) is 5.32 Å². The van der Waals surface area contributed by atoms with Gasteiger partial charge < -0.3 is 14.8 Å². The van der Waals surface area contributed by atoms with E-state index in [1.807, 2.05) is 18.2 Å². The Hall–Kier alpha value is -1.29. The largest absolute Gasteiger partial charge is 0.454 e. The third kappa shape index (κ3) is 1.80. The number of halogens is 1. The molecule has 0 aromatic heterocycles. The Bertz CT molecular complexity index is 317. The Morgan fingerprint density at radius 3 is 3.14 bits per heavy atom. The first kappa shape index (κ1) is 9.27. The summed E-state index contributed by atoms with van der Waals surface area (Å²) in [5.41, 5.74) is 1.01. The highest BCUT2D eigenvalue weighted by Crippen LogP contribution is 2.34. The summed E-state index contributed by atoms with van der Waals surface area (Å²) in [6.45, 7) is 0.892. The lowest BCUT2D eigenvalue weighted by molar-refractivity contribution is 0.173. The van der Waals surface area contributed by atoms with Gasteiger partial charge in [-0.15, -0.1) is 0 Å². The zero-order valence-corrected chi connectivity index (χ0v) is 7.75. The third-order valence-electron chi connectivity index (χ3n) is 2.06. The number of rotatable bonds is 4. The lowest BCUT2D eigenvalue weighted by atomic mass is 10.2. The zero-order valence-electron chi connectivity index (χ0n) is 7.75. The Labute approximate surface area is 81.8 Å². The van der Waals surface area contributed by atoms with E-state index in [2.05, 4.69) is 5.32 Å². The van der Waals surface area contributed by atoms with Crippen molar-refractivity contribution in [3.05, 3.63) is 23.8 Å². The molecule has 76 valence electrons. The normalized spacial score (nSPS) is 13.2. The van der Waals surface area contributed by atoms with Crippen LogP contribution >= 0.6 is 0 Å². The van der Waals surface area contributed by atoms with Crippen molar-refractivity contribution in [3.63, 3.8) is 0 Å². The summed E-state index contributed by atoms with van der Waals surface area (Å²) < 4.78 is 22.4. The van der Waals surface area contributed by atoms with Gasteiger partial charge in [-0.1, -0.05) is 12.1 Å². The summed E-state index contributed by atoms with van der Waals surface area (Å²) >= 11 is 0. The zero-order chi connectivity index (χ0) is 9.80. The third-order valence-corrected chi connectivity index (χ3v) is 2.06. The first-order valence-electron chi connectivity index (χ1n) is 4.56. The minimum absolute atomic E-state index is 0.273. The first-order valence-corrected chi connectivity index (χ1v) is 4.56. The van der Waals surface area contributed by atoms with E-state index < -0.39 is 0 Å². The van der Waals surface area contributed by atoms with Crippen LogP contribution in [0, 0.1) is 0 Å². The van der Waals surface area contributed by atoms with Gasteiger partial charge in [0.1, 0.15) is 6.67 Å². The molecule has 0 radical (unpaired) electrons. The standard InChI is InChI=1S/C10H12FNO2/c11-4-5-12-6-8-2-1-3-9-10(8)14-7-13-9/h1-3,12H,4-7H2. The molecule has 1 N–H and O–H groups in total. The smallest absolute Gasteiger partial charge is 0.231 e. The molecule has 1 aliphatic rings. The molecule has 0 fully saturated rings. The van der Waals surface area contributed by atoms with Gasteiger partial charge >= 0.3 is 0 Å². The number of hydrogen-bond acceptors (Lipinski definition) is 3. The van der Waals surface area contributed by atoms with Crippen LogP contribution in [-0.4, -0.2) is 20.0 Å². The molecule has 0 amide bonds. The van der Waals surface area contributed by atoms with E-state index >= 15 is 0 Å². The summed E-state index contributed by atoms with van der Waals surface area (Å²) in [6, 6.07) is 5.71. The Morgan fingerprint density at radius 1 is 1.36 bits per heavy atom. The van der Waals surface area contributed by atoms with E-state index in [9.17, 15) is 4.39 Å². The lowest BCUT2D eigenvalue weighted by Crippen LogP contribution is -2.16. The van der Waals surface area contributed by atoms with Crippen molar-refractivity contribution in [1.29, 1.82) is 0 Å². The Morgan fingerprint density at radius 2 is 2.29 bits per heavy atom. The van der Waals surface area contributed by atoms with Gasteiger partial charge in [0.25, 0.3) is 0 Å². The molecule has 14 heavy (non-hydrogen) atoms. The second-order valence-corrected chi connectivity index (χ2v) is 3.02. The molecular weight excluding hydrogens is 185 g/mol. The van der Waals surface area contributed by atoms with Gasteiger partial charge in [0.2, 0.25) is 6.79 Å². The predicted octanol–water partition coefficient (Wildman–Crippen LogP) is 1.47. The molecule has 4 heteroatoms. The molecule has 0 bridgehead atoms. The van der Waals surface area contributed by atoms with E-state index in [1.54, 1.807) is 0 Å². The van der Waals surface area contributed by atoms with E-state index in [1.165, 1.54) is 0 Å². The van der Waals surface area contributed by atoms with Crippen LogP contribution in [0.3, 0.4) is 0 Å². The van der Waals surface area contributed by atoms with E-state index in [0.29, 0.717) is 13.1 Å². The highest BCUT2D eigenvalue weighted by Gasteiger charge is 2.16. The van der Waals surface area contributed by atoms with Crippen LogP contribution in [0.4, 0.5) is 4.39 Å². The monoisotopic (exact) mass is 197 g/mol. The quantitative estimate of drug-likeness (QED) is 0.741. The number of nitrogens with one attached hydrogen (secondary N) is 1. The Kier molecular flexibility index (Phi) is 2.84. The summed E-state index contributed by atoms with van der Waals surface area (Å²) in [4.78, 5) is 0. The molecule has 0 aliphatic carbocycles. The summed E-state index contributed by atoms with van der Waals surface area (Å²) in [5.74, 6) is 1.54. The van der Waals surface area contributed by atoms with Crippen LogP contribution in [-0.2, 0) is 6.54 Å². The SMILES string of the molecule is FCCNCc1cccc2c1OCO2. The molecule has 1 aromatic carbocycles. The van der Waals surface area contributed by atoms with Crippen molar-refractivity contribution in [3.8, 4) is 11.5 Å². The number of alkyl halides is 1. The highest BCUT2D eigenvalue weighted by atomic mass is 19.1. The second kappa shape index (κ2) is 4.28. The molecule has 0 saturated heterocycles. The van der Waals surface area contributed by atoms with Crippen LogP contribution < -0.4 is 14.8 Å². The van der Waals surface area contributed by atoms with Gasteiger partial charge in [-0.3, -0.25) is 0 Å². The van der Waals surface area contributed by atoms with E-state index in [-0.39, 0.29) is 13.5 Å². The summed E-state index contributed by atoms with van der Waals surface area (Å²) in [6.07, 6.45) is 0. The fourth-order valence-electron chi connectivity index (χ4n) is 1.42. The van der Waals surface area contributed by atoms with Crippen molar-refractivity contribution in [2.45, 2.75) is 6.54 Å². The molecule has 0 unspecified atom stereocenters. The second-order valence-electron chi connectivity index (χ2n) is 3.02. The van der Waals surface area contributed by atoms with Gasteiger partial charge in [0.15, 0.2) is 11.5 Å². The molecule has 1 heterocycles. The number of fused-ring (bicyclic) bond motifs is 1. The molecule has 0 spiro atoms. The van der Waals surface area contributed by atoms with Gasteiger partial charge in [-0.05, 0) is 6.07 Å². The fourth-order valence-corrected chi connectivity index (χ4v) is 1.42. The molecule has 2 rings (SSSR count). The van der Waals surface area contributed by atoms with Crippen LogP contribution in [0.1, 0.15) is 5.56 Å². The molecule has 0 atom stereocenters. The number of hydrogen-bond donors (Lipinski definition) is 1. The van der Waals surface area contributed by atoms with Gasteiger partial charge in [0, 0.05) is 18.7 Å². The summed E-state index contributed by atoms with van der Waals surface area (Å²) in [7, 11) is 0. The maximum atomic E-state index is 11.9. The van der Waals surface area contributed by atoms with Crippen molar-refractivity contribution >= 4 is 0 Å². The molecule has 3 nitrogen and oxygen atoms in total. The van der Waals surface area contributed by atoms with E-state index in [0.717, 1.165) is 17.1 Å². The topological polar surface area (TPSA) is 30.5 Å². The van der Waals surface area contributed by atoms with Crippen LogP contribution in [0.15, 0.2) is 18.2 Å². The maximum absolute atomic E-state index is 11.9. The average molecular weight is 197 g/mol. The number of ether oxygens (including phenoxy) is 2. The fraction of sp³-hybridized carbons (Fsp3) is 0.400. The Balaban J connectivity index is 2.06. The molecule has 1 aliphatic heterocycles. The number of benzene rings is 1. The summed E-state index contributed by atoms with van der Waals surface area (Å²) in [5, 5.41) is 2.97. The van der Waals surface area contributed by atoms with Crippen LogP contribution in [0.2, 0.25) is 0 Å². The highest BCUT2D eigenvalue weighted by molar-refractivity contribution is 5.47. The molecule has 0 saturated carbocycles. The molecular formula is C10H12FNO2. The van der Waals surface area contributed by atoms with Crippen molar-refractivity contribution in [2.24, 2.45) is 0 Å². The number of para-hydroxylation sites is 1. The minimum atomic E-state index is -0.355. The first-order chi connectivity index (χ1) is 6.92. The van der Waals surface area contributed by atoms with Gasteiger partial charge in [-0.2, -0.15) is 0 Å². The van der Waals surface area contributed by atoms with Gasteiger partial charge in [-0.25, -0.2) is 4.39 Å². The van der Waals surface area contributed by atoms with Crippen molar-refractivity contribution in [2.75, 3.05) is 20.0 Å². The van der Waals surface area contributed by atoms with E-state index in [4.69, 9.17) is 9.47 Å². The minimum Gasteiger partial charge on any atom is -0.454 e. The maximum Gasteiger partial charge on any atom is 0.231 e. The van der Waals surface area contributed by atoms with Crippen LogP contribution in [0.25, 0.3) is 0 Å². The van der Waals surface area contributed by atoms with Crippen LogP contribution in [0.5, 0.6) is 11.5 Å². The average Bonchev–Trinajstić information content (AvgIpc) is 2.67.